The standard InChI is InChI=1S/C18H17NO3/c1-10-16(20)14-13(17(21)18(10)22-4)11(2)19(3)15(14)12-8-6-5-7-9-12/h5-9H,1-4H3. The summed E-state index contributed by atoms with van der Waals surface area (Å²) in [6.45, 7) is 3.49. The number of benzene rings is 1. The third-order valence-corrected chi connectivity index (χ3v) is 4.28. The first-order valence-corrected chi connectivity index (χ1v) is 7.08. The maximum Gasteiger partial charge on any atom is 0.230 e. The molecule has 2 aromatic rings. The molecule has 0 fully saturated rings. The number of ether oxygens (including phenoxy) is 1. The van der Waals surface area contributed by atoms with E-state index in [0.717, 1.165) is 17.0 Å². The van der Waals surface area contributed by atoms with Crippen molar-refractivity contribution in [3.05, 3.63) is 58.5 Å². The monoisotopic (exact) mass is 295 g/mol. The highest BCUT2D eigenvalue weighted by molar-refractivity contribution is 6.28. The van der Waals surface area contributed by atoms with Crippen LogP contribution in [0.3, 0.4) is 0 Å². The van der Waals surface area contributed by atoms with Crippen molar-refractivity contribution in [2.24, 2.45) is 7.05 Å². The summed E-state index contributed by atoms with van der Waals surface area (Å²) in [6, 6.07) is 9.65. The lowest BCUT2D eigenvalue weighted by Crippen LogP contribution is -2.21. The molecule has 1 aliphatic carbocycles. The predicted molar refractivity (Wildman–Crippen MR) is 84.0 cm³/mol. The maximum absolute atomic E-state index is 12.8. The van der Waals surface area contributed by atoms with E-state index in [1.165, 1.54) is 7.11 Å². The summed E-state index contributed by atoms with van der Waals surface area (Å²) in [5.41, 5.74) is 3.77. The van der Waals surface area contributed by atoms with Crippen LogP contribution in [-0.4, -0.2) is 23.2 Å². The Labute approximate surface area is 129 Å². The van der Waals surface area contributed by atoms with Gasteiger partial charge in [-0.1, -0.05) is 30.3 Å². The number of fused-ring (bicyclic) bond motifs is 1. The van der Waals surface area contributed by atoms with Gasteiger partial charge < -0.3 is 9.30 Å². The van der Waals surface area contributed by atoms with Gasteiger partial charge in [0.25, 0.3) is 0 Å². The van der Waals surface area contributed by atoms with E-state index in [9.17, 15) is 9.59 Å². The van der Waals surface area contributed by atoms with Crippen LogP contribution in [0.5, 0.6) is 0 Å². The van der Waals surface area contributed by atoms with Crippen molar-refractivity contribution in [3.63, 3.8) is 0 Å². The normalized spacial score (nSPS) is 14.4. The lowest BCUT2D eigenvalue weighted by atomic mass is 9.88. The van der Waals surface area contributed by atoms with Gasteiger partial charge in [0.15, 0.2) is 11.5 Å². The van der Waals surface area contributed by atoms with E-state index in [4.69, 9.17) is 4.74 Å². The highest BCUT2D eigenvalue weighted by atomic mass is 16.5. The van der Waals surface area contributed by atoms with E-state index in [0.29, 0.717) is 16.7 Å². The van der Waals surface area contributed by atoms with Crippen molar-refractivity contribution < 1.29 is 14.3 Å². The Hall–Kier alpha value is -2.62. The first kappa shape index (κ1) is 14.3. The van der Waals surface area contributed by atoms with E-state index in [-0.39, 0.29) is 17.3 Å². The number of methoxy groups -OCH3 is 1. The largest absolute Gasteiger partial charge is 0.492 e. The number of Topliss-reactive ketones (excluding diaryl/α,β-unsaturated/α-hetero) is 2. The van der Waals surface area contributed by atoms with Crippen molar-refractivity contribution >= 4 is 11.6 Å². The lowest BCUT2D eigenvalue weighted by Gasteiger charge is -2.16. The Bertz CT molecular complexity index is 826. The van der Waals surface area contributed by atoms with Crippen LogP contribution in [0.1, 0.15) is 33.3 Å². The van der Waals surface area contributed by atoms with Crippen molar-refractivity contribution in [2.75, 3.05) is 7.11 Å². The quantitative estimate of drug-likeness (QED) is 0.854. The van der Waals surface area contributed by atoms with Gasteiger partial charge >= 0.3 is 0 Å². The van der Waals surface area contributed by atoms with Crippen LogP contribution in [0.15, 0.2) is 41.7 Å². The van der Waals surface area contributed by atoms with Gasteiger partial charge in [-0.15, -0.1) is 0 Å². The molecule has 1 aromatic heterocycles. The summed E-state index contributed by atoms with van der Waals surface area (Å²) in [5, 5.41) is 0. The van der Waals surface area contributed by atoms with Crippen LogP contribution in [-0.2, 0) is 11.8 Å². The van der Waals surface area contributed by atoms with E-state index >= 15 is 0 Å². The predicted octanol–water partition coefficient (Wildman–Crippen LogP) is 3.30. The minimum atomic E-state index is -0.218. The van der Waals surface area contributed by atoms with Crippen molar-refractivity contribution in [1.82, 2.24) is 4.57 Å². The number of hydrogen-bond donors (Lipinski definition) is 0. The number of nitrogens with zero attached hydrogens (tertiary/aromatic N) is 1. The van der Waals surface area contributed by atoms with Gasteiger partial charge in [0, 0.05) is 18.3 Å². The molecule has 0 radical (unpaired) electrons. The Kier molecular flexibility index (Phi) is 3.24. The summed E-state index contributed by atoms with van der Waals surface area (Å²) < 4.78 is 7.06. The van der Waals surface area contributed by atoms with Crippen LogP contribution >= 0.6 is 0 Å². The molecular weight excluding hydrogens is 278 g/mol. The molecule has 0 saturated carbocycles. The van der Waals surface area contributed by atoms with Crippen LogP contribution in [0.25, 0.3) is 11.3 Å². The SMILES string of the molecule is COC1=C(C)C(=O)c2c(c(C)n(C)c2-c2ccccc2)C1=O. The molecule has 0 amide bonds. The molecule has 0 N–H and O–H groups in total. The lowest BCUT2D eigenvalue weighted by molar-refractivity contribution is 0.0906. The van der Waals surface area contributed by atoms with Crippen molar-refractivity contribution in [1.29, 1.82) is 0 Å². The first-order valence-electron chi connectivity index (χ1n) is 7.08. The molecular formula is C18H17NO3. The number of hydrogen-bond acceptors (Lipinski definition) is 3. The summed E-state index contributed by atoms with van der Waals surface area (Å²) in [5.74, 6) is -0.218. The van der Waals surface area contributed by atoms with E-state index in [1.807, 2.05) is 48.9 Å². The number of aromatic nitrogens is 1. The minimum Gasteiger partial charge on any atom is -0.492 e. The zero-order valence-electron chi connectivity index (χ0n) is 13.1. The zero-order valence-corrected chi connectivity index (χ0v) is 13.1. The second-order valence-electron chi connectivity index (χ2n) is 5.43. The van der Waals surface area contributed by atoms with Crippen LogP contribution in [0, 0.1) is 6.92 Å². The van der Waals surface area contributed by atoms with Crippen LogP contribution in [0.2, 0.25) is 0 Å². The van der Waals surface area contributed by atoms with E-state index < -0.39 is 0 Å². The second-order valence-corrected chi connectivity index (χ2v) is 5.43. The van der Waals surface area contributed by atoms with Gasteiger partial charge in [-0.25, -0.2) is 0 Å². The number of rotatable bonds is 2. The van der Waals surface area contributed by atoms with Crippen LogP contribution < -0.4 is 0 Å². The fourth-order valence-electron chi connectivity index (χ4n) is 3.06. The molecule has 0 bridgehead atoms. The van der Waals surface area contributed by atoms with Gasteiger partial charge in [-0.05, 0) is 19.4 Å². The molecule has 1 aliphatic rings. The average molecular weight is 295 g/mol. The van der Waals surface area contributed by atoms with Crippen LogP contribution in [0.4, 0.5) is 0 Å². The molecule has 0 saturated heterocycles. The van der Waals surface area contributed by atoms with Gasteiger partial charge in [0.1, 0.15) is 0 Å². The van der Waals surface area contributed by atoms with E-state index in [2.05, 4.69) is 0 Å². The highest BCUT2D eigenvalue weighted by Gasteiger charge is 2.37. The number of carbonyl (C=O) groups excluding carboxylic acids is 2. The molecule has 0 aliphatic heterocycles. The first-order chi connectivity index (χ1) is 10.5. The molecule has 0 spiro atoms. The number of ketones is 2. The second kappa shape index (κ2) is 4.98. The van der Waals surface area contributed by atoms with Gasteiger partial charge in [-0.2, -0.15) is 0 Å². The Balaban J connectivity index is 2.36. The minimum absolute atomic E-state index is 0.144. The smallest absolute Gasteiger partial charge is 0.230 e. The topological polar surface area (TPSA) is 48.3 Å². The molecule has 1 aromatic carbocycles. The Morgan fingerprint density at radius 2 is 1.59 bits per heavy atom. The molecule has 0 unspecified atom stereocenters. The van der Waals surface area contributed by atoms with Gasteiger partial charge in [0.2, 0.25) is 5.78 Å². The molecule has 112 valence electrons. The molecule has 1 heterocycles. The molecule has 3 rings (SSSR count). The molecule has 0 atom stereocenters. The van der Waals surface area contributed by atoms with Gasteiger partial charge in [-0.3, -0.25) is 9.59 Å². The fraction of sp³-hybridized carbons (Fsp3) is 0.222. The van der Waals surface area contributed by atoms with Gasteiger partial charge in [0.05, 0.1) is 23.9 Å². The molecule has 4 heteroatoms. The molecule has 22 heavy (non-hydrogen) atoms. The van der Waals surface area contributed by atoms with Crippen molar-refractivity contribution in [2.45, 2.75) is 13.8 Å². The third-order valence-electron chi connectivity index (χ3n) is 4.28. The molecule has 4 nitrogen and oxygen atoms in total. The Morgan fingerprint density at radius 3 is 2.18 bits per heavy atom. The Morgan fingerprint density at radius 1 is 0.955 bits per heavy atom. The maximum atomic E-state index is 12.8. The summed E-state index contributed by atoms with van der Waals surface area (Å²) in [6.07, 6.45) is 0. The summed E-state index contributed by atoms with van der Waals surface area (Å²) in [7, 11) is 3.30. The highest BCUT2D eigenvalue weighted by Crippen LogP contribution is 2.37. The summed E-state index contributed by atoms with van der Waals surface area (Å²) >= 11 is 0. The van der Waals surface area contributed by atoms with Crippen molar-refractivity contribution in [3.8, 4) is 11.3 Å². The fourth-order valence-corrected chi connectivity index (χ4v) is 3.06. The number of carbonyl (C=O) groups is 2. The third kappa shape index (κ3) is 1.77. The summed E-state index contributed by atoms with van der Waals surface area (Å²) in [4.78, 5) is 25.5. The number of allylic oxidation sites excluding steroid dienone is 2. The zero-order chi connectivity index (χ0) is 16.0. The average Bonchev–Trinajstić information content (AvgIpc) is 2.79. The van der Waals surface area contributed by atoms with E-state index in [1.54, 1.807) is 6.92 Å².